The van der Waals surface area contributed by atoms with Gasteiger partial charge in [-0.25, -0.2) is 0 Å². The lowest BCUT2D eigenvalue weighted by Gasteiger charge is -2.20. The van der Waals surface area contributed by atoms with Gasteiger partial charge in [0.2, 0.25) is 6.54 Å². The molecule has 74 valence electrons. The van der Waals surface area contributed by atoms with Crippen molar-refractivity contribution in [3.05, 3.63) is 22.8 Å². The Morgan fingerprint density at radius 1 is 1.77 bits per heavy atom. The molecule has 0 saturated carbocycles. The van der Waals surface area contributed by atoms with Crippen LogP contribution < -0.4 is 0 Å². The second-order valence-electron chi connectivity index (χ2n) is 2.88. The molecule has 0 rings (SSSR count). The topological polar surface area (TPSA) is 60.2 Å². The van der Waals surface area contributed by atoms with Gasteiger partial charge in [-0.3, -0.25) is 14.9 Å². The van der Waals surface area contributed by atoms with Crippen molar-refractivity contribution >= 4 is 17.5 Å². The summed E-state index contributed by atoms with van der Waals surface area (Å²) in [5, 5.41) is 10.3. The Hall–Kier alpha value is -0.840. The summed E-state index contributed by atoms with van der Waals surface area (Å²) in [5.74, 6) is 0.375. The van der Waals surface area contributed by atoms with Gasteiger partial charge in [-0.2, -0.15) is 0 Å². The first-order chi connectivity index (χ1) is 5.92. The number of hydrogen-bond donors (Lipinski definition) is 0. The van der Waals surface area contributed by atoms with E-state index in [0.29, 0.717) is 5.75 Å². The third-order valence-electron chi connectivity index (χ3n) is 1.70. The van der Waals surface area contributed by atoms with Crippen LogP contribution in [0.5, 0.6) is 0 Å². The number of carbonyl (C=O) groups is 1. The Bertz CT molecular complexity index is 229. The van der Waals surface area contributed by atoms with Crippen molar-refractivity contribution in [2.45, 2.75) is 18.6 Å². The van der Waals surface area contributed by atoms with Gasteiger partial charge in [0.1, 0.15) is 4.75 Å². The molecule has 4 nitrogen and oxygen atoms in total. The summed E-state index contributed by atoms with van der Waals surface area (Å²) in [6.45, 7) is 6.13. The van der Waals surface area contributed by atoms with Crippen molar-refractivity contribution in [3.63, 3.8) is 0 Å². The van der Waals surface area contributed by atoms with E-state index in [4.69, 9.17) is 0 Å². The van der Waals surface area contributed by atoms with Gasteiger partial charge in [0.25, 0.3) is 0 Å². The Kier molecular flexibility index (Phi) is 4.69. The van der Waals surface area contributed by atoms with Crippen molar-refractivity contribution in [1.82, 2.24) is 0 Å². The van der Waals surface area contributed by atoms with Gasteiger partial charge in [0, 0.05) is 10.7 Å². The van der Waals surface area contributed by atoms with Crippen LogP contribution in [-0.2, 0) is 4.79 Å². The molecule has 0 aliphatic rings. The molecule has 0 spiro atoms. The lowest BCUT2D eigenvalue weighted by Crippen LogP contribution is -2.37. The number of ketones is 1. The summed E-state index contributed by atoms with van der Waals surface area (Å²) in [6.07, 6.45) is 1.63. The fraction of sp³-hybridized carbons (Fsp3) is 0.625. The fourth-order valence-electron chi connectivity index (χ4n) is 0.748. The number of nitrogens with zero attached hydrogens (tertiary/aromatic N) is 1. The van der Waals surface area contributed by atoms with E-state index in [2.05, 4.69) is 6.58 Å². The van der Waals surface area contributed by atoms with Crippen LogP contribution in [0.15, 0.2) is 12.7 Å². The zero-order chi connectivity index (χ0) is 10.5. The SMILES string of the molecule is C=CCSC(C)(C[N+](=O)[O-])C(C)=O. The van der Waals surface area contributed by atoms with Crippen LogP contribution >= 0.6 is 11.8 Å². The standard InChI is InChI=1S/C8H13NO3S/c1-4-5-13-8(3,7(2)10)6-9(11)12/h4H,1,5-6H2,2-3H3. The van der Waals surface area contributed by atoms with Crippen molar-refractivity contribution < 1.29 is 9.72 Å². The van der Waals surface area contributed by atoms with Gasteiger partial charge >= 0.3 is 0 Å². The molecule has 1 atom stereocenters. The van der Waals surface area contributed by atoms with E-state index in [1.54, 1.807) is 13.0 Å². The van der Waals surface area contributed by atoms with E-state index >= 15 is 0 Å². The molecule has 0 aliphatic heterocycles. The first-order valence-corrected chi connectivity index (χ1v) is 4.78. The minimum absolute atomic E-state index is 0.170. The number of thioether (sulfide) groups is 1. The van der Waals surface area contributed by atoms with Gasteiger partial charge in [0.15, 0.2) is 5.78 Å². The van der Waals surface area contributed by atoms with E-state index in [9.17, 15) is 14.9 Å². The minimum atomic E-state index is -0.919. The molecule has 0 aromatic heterocycles. The van der Waals surface area contributed by atoms with Crippen LogP contribution in [0.1, 0.15) is 13.8 Å². The Morgan fingerprint density at radius 2 is 2.31 bits per heavy atom. The lowest BCUT2D eigenvalue weighted by molar-refractivity contribution is -0.481. The number of nitro groups is 1. The van der Waals surface area contributed by atoms with Crippen molar-refractivity contribution in [1.29, 1.82) is 0 Å². The minimum Gasteiger partial charge on any atom is -0.298 e. The van der Waals surface area contributed by atoms with Gasteiger partial charge in [-0.05, 0) is 13.8 Å². The third-order valence-corrected chi connectivity index (χ3v) is 3.15. The monoisotopic (exact) mass is 203 g/mol. The van der Waals surface area contributed by atoms with Crippen LogP contribution in [0.3, 0.4) is 0 Å². The normalized spacial score (nSPS) is 14.6. The molecule has 0 radical (unpaired) electrons. The second kappa shape index (κ2) is 5.01. The van der Waals surface area contributed by atoms with Crippen molar-refractivity contribution in [3.8, 4) is 0 Å². The van der Waals surface area contributed by atoms with Gasteiger partial charge < -0.3 is 0 Å². The molecule has 0 saturated heterocycles. The van der Waals surface area contributed by atoms with E-state index in [1.165, 1.54) is 18.7 Å². The van der Waals surface area contributed by atoms with E-state index in [-0.39, 0.29) is 12.3 Å². The highest BCUT2D eigenvalue weighted by atomic mass is 32.2. The number of Topliss-reactive ketones (excluding diaryl/α,β-unsaturated/α-hetero) is 1. The second-order valence-corrected chi connectivity index (χ2v) is 4.40. The van der Waals surface area contributed by atoms with Crippen LogP contribution in [0, 0.1) is 10.1 Å². The Balaban J connectivity index is 4.42. The van der Waals surface area contributed by atoms with Crippen LogP contribution in [-0.4, -0.2) is 27.8 Å². The quantitative estimate of drug-likeness (QED) is 0.373. The van der Waals surface area contributed by atoms with Crippen LogP contribution in [0.4, 0.5) is 0 Å². The molecule has 0 amide bonds. The largest absolute Gasteiger partial charge is 0.298 e. The van der Waals surface area contributed by atoms with Gasteiger partial charge in [-0.1, -0.05) is 6.08 Å². The van der Waals surface area contributed by atoms with Gasteiger partial charge in [0.05, 0.1) is 0 Å². The van der Waals surface area contributed by atoms with Gasteiger partial charge in [-0.15, -0.1) is 18.3 Å². The summed E-state index contributed by atoms with van der Waals surface area (Å²) >= 11 is 1.25. The highest BCUT2D eigenvalue weighted by molar-refractivity contribution is 8.01. The maximum Gasteiger partial charge on any atom is 0.225 e. The molecular weight excluding hydrogens is 190 g/mol. The molecule has 0 aromatic carbocycles. The summed E-state index contributed by atoms with van der Waals surface area (Å²) in [7, 11) is 0. The number of rotatable bonds is 6. The number of carbonyl (C=O) groups excluding carboxylic acids is 1. The van der Waals surface area contributed by atoms with E-state index in [1.807, 2.05) is 0 Å². The fourth-order valence-corrected chi connectivity index (χ4v) is 1.63. The van der Waals surface area contributed by atoms with Crippen molar-refractivity contribution in [2.75, 3.05) is 12.3 Å². The first kappa shape index (κ1) is 12.2. The van der Waals surface area contributed by atoms with Crippen molar-refractivity contribution in [2.24, 2.45) is 0 Å². The molecule has 0 aliphatic carbocycles. The predicted molar refractivity (Wildman–Crippen MR) is 53.6 cm³/mol. The predicted octanol–water partition coefficient (Wildman–Crippen LogP) is 1.53. The summed E-state index contributed by atoms with van der Waals surface area (Å²) < 4.78 is -0.919. The molecule has 0 N–H and O–H groups in total. The molecule has 0 heterocycles. The number of hydrogen-bond acceptors (Lipinski definition) is 4. The Morgan fingerprint density at radius 3 is 2.62 bits per heavy atom. The highest BCUT2D eigenvalue weighted by Crippen LogP contribution is 2.26. The molecule has 5 heteroatoms. The average molecular weight is 203 g/mol. The maximum absolute atomic E-state index is 11.1. The lowest BCUT2D eigenvalue weighted by atomic mass is 10.1. The third kappa shape index (κ3) is 4.07. The molecule has 13 heavy (non-hydrogen) atoms. The molecule has 0 fully saturated rings. The Labute approximate surface area is 81.5 Å². The highest BCUT2D eigenvalue weighted by Gasteiger charge is 2.35. The molecule has 0 bridgehead atoms. The van der Waals surface area contributed by atoms with Crippen LogP contribution in [0.2, 0.25) is 0 Å². The molecular formula is C8H13NO3S. The molecule has 1 unspecified atom stereocenters. The maximum atomic E-state index is 11.1. The summed E-state index contributed by atoms with van der Waals surface area (Å²) in [5.41, 5.74) is 0. The smallest absolute Gasteiger partial charge is 0.225 e. The zero-order valence-electron chi connectivity index (χ0n) is 7.78. The molecule has 0 aromatic rings. The summed E-state index contributed by atoms with van der Waals surface area (Å²) in [6, 6.07) is 0. The van der Waals surface area contributed by atoms with E-state index in [0.717, 1.165) is 0 Å². The van der Waals surface area contributed by atoms with E-state index < -0.39 is 9.67 Å². The summed E-state index contributed by atoms with van der Waals surface area (Å²) in [4.78, 5) is 21.0. The first-order valence-electron chi connectivity index (χ1n) is 3.80. The zero-order valence-corrected chi connectivity index (χ0v) is 8.60. The average Bonchev–Trinajstić information content (AvgIpc) is 1.99. The van der Waals surface area contributed by atoms with Crippen LogP contribution in [0.25, 0.3) is 0 Å².